The van der Waals surface area contributed by atoms with Crippen molar-refractivity contribution in [1.29, 1.82) is 0 Å². The average Bonchev–Trinajstić information content (AvgIpc) is 2.26. The van der Waals surface area contributed by atoms with Crippen molar-refractivity contribution in [3.63, 3.8) is 0 Å². The molecule has 0 N–H and O–H groups in total. The molecule has 4 heteroatoms. The molecule has 0 amide bonds. The van der Waals surface area contributed by atoms with Crippen LogP contribution >= 0.6 is 0 Å². The first-order chi connectivity index (χ1) is 7.17. The van der Waals surface area contributed by atoms with Gasteiger partial charge in [0, 0.05) is 17.7 Å². The number of hydrogen-bond acceptors (Lipinski definition) is 3. The lowest BCUT2D eigenvalue weighted by Gasteiger charge is -2.03. The molecular weight excluding hydrogens is 199 g/mol. The fraction of sp³-hybridized carbons (Fsp3) is 0.182. The minimum absolute atomic E-state index is 0.371. The van der Waals surface area contributed by atoms with Crippen LogP contribution in [0.4, 0.5) is 4.39 Å². The van der Waals surface area contributed by atoms with E-state index in [0.29, 0.717) is 11.3 Å². The van der Waals surface area contributed by atoms with Gasteiger partial charge in [0.25, 0.3) is 0 Å². The molecule has 0 atom stereocenters. The number of carbonyl (C=O) groups excluding carboxylic acids is 1. The molecule has 3 nitrogen and oxygen atoms in total. The zero-order valence-electron chi connectivity index (χ0n) is 8.49. The fourth-order valence-electron chi connectivity index (χ4n) is 1.05. The topological polar surface area (TPSA) is 35.5 Å². The van der Waals surface area contributed by atoms with Crippen molar-refractivity contribution in [2.24, 2.45) is 0 Å². The van der Waals surface area contributed by atoms with Gasteiger partial charge in [0.15, 0.2) is 0 Å². The molecule has 0 spiro atoms. The SMILES string of the molecule is COC(=O)C=Cc1ccc(F)cc1OC. The Balaban J connectivity index is 2.94. The van der Waals surface area contributed by atoms with Crippen molar-refractivity contribution >= 4 is 12.0 Å². The normalized spacial score (nSPS) is 10.3. The summed E-state index contributed by atoms with van der Waals surface area (Å²) in [5.74, 6) is -0.487. The van der Waals surface area contributed by atoms with Crippen LogP contribution in [-0.4, -0.2) is 20.2 Å². The summed E-state index contributed by atoms with van der Waals surface area (Å²) in [5.41, 5.74) is 0.615. The summed E-state index contributed by atoms with van der Waals surface area (Å²) in [7, 11) is 2.72. The number of halogens is 1. The third-order valence-electron chi connectivity index (χ3n) is 1.80. The third kappa shape index (κ3) is 3.09. The van der Waals surface area contributed by atoms with Gasteiger partial charge >= 0.3 is 5.97 Å². The molecule has 0 aliphatic rings. The van der Waals surface area contributed by atoms with Gasteiger partial charge < -0.3 is 9.47 Å². The highest BCUT2D eigenvalue weighted by molar-refractivity contribution is 5.87. The lowest BCUT2D eigenvalue weighted by Crippen LogP contribution is -1.94. The summed E-state index contributed by atoms with van der Waals surface area (Å²) in [6.07, 6.45) is 2.75. The van der Waals surface area contributed by atoms with Gasteiger partial charge in [0.05, 0.1) is 14.2 Å². The number of rotatable bonds is 3. The van der Waals surface area contributed by atoms with Crippen molar-refractivity contribution in [2.75, 3.05) is 14.2 Å². The molecule has 0 bridgehead atoms. The van der Waals surface area contributed by atoms with E-state index < -0.39 is 5.97 Å². The van der Waals surface area contributed by atoms with Crippen LogP contribution < -0.4 is 4.74 Å². The van der Waals surface area contributed by atoms with Gasteiger partial charge in [-0.2, -0.15) is 0 Å². The Hall–Kier alpha value is -1.84. The number of esters is 1. The molecule has 0 saturated carbocycles. The van der Waals surface area contributed by atoms with Crippen LogP contribution in [0.1, 0.15) is 5.56 Å². The highest BCUT2D eigenvalue weighted by atomic mass is 19.1. The molecule has 0 unspecified atom stereocenters. The Labute approximate surface area is 87.1 Å². The molecule has 1 aromatic rings. The smallest absolute Gasteiger partial charge is 0.330 e. The van der Waals surface area contributed by atoms with Crippen LogP contribution in [0.5, 0.6) is 5.75 Å². The van der Waals surface area contributed by atoms with Crippen molar-refractivity contribution in [1.82, 2.24) is 0 Å². The van der Waals surface area contributed by atoms with E-state index in [-0.39, 0.29) is 5.82 Å². The zero-order valence-corrected chi connectivity index (χ0v) is 8.49. The van der Waals surface area contributed by atoms with E-state index in [1.54, 1.807) is 0 Å². The van der Waals surface area contributed by atoms with Crippen molar-refractivity contribution in [3.8, 4) is 5.75 Å². The van der Waals surface area contributed by atoms with Crippen molar-refractivity contribution in [2.45, 2.75) is 0 Å². The van der Waals surface area contributed by atoms with E-state index in [0.717, 1.165) is 0 Å². The molecule has 1 aromatic carbocycles. The predicted octanol–water partition coefficient (Wildman–Crippen LogP) is 2.02. The maximum Gasteiger partial charge on any atom is 0.330 e. The maximum atomic E-state index is 12.8. The molecule has 0 aromatic heterocycles. The second-order valence-corrected chi connectivity index (χ2v) is 2.74. The van der Waals surface area contributed by atoms with Gasteiger partial charge in [0.2, 0.25) is 0 Å². The molecular formula is C11H11FO3. The molecule has 0 saturated heterocycles. The maximum absolute atomic E-state index is 12.8. The first-order valence-electron chi connectivity index (χ1n) is 4.27. The van der Waals surface area contributed by atoms with Crippen LogP contribution in [0.2, 0.25) is 0 Å². The fourth-order valence-corrected chi connectivity index (χ4v) is 1.05. The highest BCUT2D eigenvalue weighted by Crippen LogP contribution is 2.20. The standard InChI is InChI=1S/C11H11FO3/c1-14-10-7-9(12)5-3-8(10)4-6-11(13)15-2/h3-7H,1-2H3. The first-order valence-corrected chi connectivity index (χ1v) is 4.27. The van der Waals surface area contributed by atoms with Gasteiger partial charge in [-0.05, 0) is 18.2 Å². The minimum Gasteiger partial charge on any atom is -0.496 e. The van der Waals surface area contributed by atoms with E-state index in [4.69, 9.17) is 4.74 Å². The van der Waals surface area contributed by atoms with Crippen LogP contribution in [-0.2, 0) is 9.53 Å². The van der Waals surface area contributed by atoms with Crippen molar-refractivity contribution < 1.29 is 18.7 Å². The van der Waals surface area contributed by atoms with Crippen LogP contribution in [0.15, 0.2) is 24.3 Å². The summed E-state index contributed by atoms with van der Waals surface area (Å²) in [5, 5.41) is 0. The molecule has 0 fully saturated rings. The van der Waals surface area contributed by atoms with E-state index in [1.807, 2.05) is 0 Å². The van der Waals surface area contributed by atoms with E-state index in [9.17, 15) is 9.18 Å². The summed E-state index contributed by atoms with van der Waals surface area (Å²) in [4.78, 5) is 10.8. The Kier molecular flexibility index (Phi) is 3.85. The summed E-state index contributed by atoms with van der Waals surface area (Å²) >= 11 is 0. The summed E-state index contributed by atoms with van der Waals surface area (Å²) in [6, 6.07) is 4.06. The highest BCUT2D eigenvalue weighted by Gasteiger charge is 2.01. The third-order valence-corrected chi connectivity index (χ3v) is 1.80. The van der Waals surface area contributed by atoms with Gasteiger partial charge in [-0.1, -0.05) is 0 Å². The number of benzene rings is 1. The van der Waals surface area contributed by atoms with Crippen molar-refractivity contribution in [3.05, 3.63) is 35.7 Å². The van der Waals surface area contributed by atoms with Crippen LogP contribution in [0.3, 0.4) is 0 Å². The monoisotopic (exact) mass is 210 g/mol. The molecule has 80 valence electrons. The van der Waals surface area contributed by atoms with Crippen LogP contribution in [0, 0.1) is 5.82 Å². The van der Waals surface area contributed by atoms with Gasteiger partial charge in [-0.15, -0.1) is 0 Å². The Morgan fingerprint density at radius 3 is 2.73 bits per heavy atom. The Morgan fingerprint density at radius 1 is 1.40 bits per heavy atom. The number of hydrogen-bond donors (Lipinski definition) is 0. The largest absolute Gasteiger partial charge is 0.496 e. The van der Waals surface area contributed by atoms with Crippen LogP contribution in [0.25, 0.3) is 6.08 Å². The number of carbonyl (C=O) groups is 1. The second kappa shape index (κ2) is 5.14. The summed E-state index contributed by atoms with van der Waals surface area (Å²) < 4.78 is 22.2. The lowest BCUT2D eigenvalue weighted by atomic mass is 10.2. The van der Waals surface area contributed by atoms with E-state index in [1.165, 1.54) is 44.6 Å². The molecule has 1 rings (SSSR count). The molecule has 0 heterocycles. The van der Waals surface area contributed by atoms with E-state index in [2.05, 4.69) is 4.74 Å². The average molecular weight is 210 g/mol. The molecule has 15 heavy (non-hydrogen) atoms. The molecule has 0 radical (unpaired) electrons. The lowest BCUT2D eigenvalue weighted by molar-refractivity contribution is -0.134. The van der Waals surface area contributed by atoms with E-state index >= 15 is 0 Å². The Morgan fingerprint density at radius 2 is 2.13 bits per heavy atom. The number of ether oxygens (including phenoxy) is 2. The summed E-state index contributed by atoms with van der Waals surface area (Å²) in [6.45, 7) is 0. The first kappa shape index (κ1) is 11.2. The zero-order chi connectivity index (χ0) is 11.3. The molecule has 0 aliphatic carbocycles. The quantitative estimate of drug-likeness (QED) is 0.565. The van der Waals surface area contributed by atoms with Gasteiger partial charge in [-0.3, -0.25) is 0 Å². The second-order valence-electron chi connectivity index (χ2n) is 2.74. The Bertz CT molecular complexity index is 385. The van der Waals surface area contributed by atoms with Gasteiger partial charge in [0.1, 0.15) is 11.6 Å². The predicted molar refractivity (Wildman–Crippen MR) is 54.0 cm³/mol. The number of methoxy groups -OCH3 is 2. The minimum atomic E-state index is -0.471. The van der Waals surface area contributed by atoms with Gasteiger partial charge in [-0.25, -0.2) is 9.18 Å². The molecule has 0 aliphatic heterocycles.